The first-order valence-corrected chi connectivity index (χ1v) is 6.13. The van der Waals surface area contributed by atoms with Gasteiger partial charge in [0.15, 0.2) is 0 Å². The summed E-state index contributed by atoms with van der Waals surface area (Å²) in [5, 5.41) is 28.0. The van der Waals surface area contributed by atoms with E-state index in [1.807, 2.05) is 0 Å². The van der Waals surface area contributed by atoms with Crippen LogP contribution in [0.2, 0.25) is 0 Å². The van der Waals surface area contributed by atoms with E-state index in [2.05, 4.69) is 0 Å². The summed E-state index contributed by atoms with van der Waals surface area (Å²) in [6.07, 6.45) is 0.107. The average Bonchev–Trinajstić information content (AvgIpc) is 2.70. The highest BCUT2D eigenvalue weighted by molar-refractivity contribution is 5.83. The van der Waals surface area contributed by atoms with E-state index in [4.69, 9.17) is 5.11 Å². The van der Waals surface area contributed by atoms with Crippen LogP contribution in [0.4, 0.5) is 4.79 Å². The molecular weight excluding hydrogens is 240 g/mol. The maximum absolute atomic E-state index is 12.2. The molecule has 7 nitrogen and oxygen atoms in total. The number of carbonyl (C=O) groups excluding carboxylic acids is 1. The monoisotopic (exact) mass is 258 g/mol. The number of carboxylic acids is 1. The van der Waals surface area contributed by atoms with Crippen molar-refractivity contribution in [2.24, 2.45) is 0 Å². The zero-order chi connectivity index (χ0) is 13.3. The van der Waals surface area contributed by atoms with Crippen molar-refractivity contribution < 1.29 is 24.9 Å². The highest BCUT2D eigenvalue weighted by atomic mass is 16.4. The lowest BCUT2D eigenvalue weighted by Gasteiger charge is -2.34. The predicted molar refractivity (Wildman–Crippen MR) is 61.0 cm³/mol. The molecule has 1 unspecified atom stereocenters. The molecule has 0 saturated carbocycles. The van der Waals surface area contributed by atoms with Crippen molar-refractivity contribution >= 4 is 12.0 Å². The van der Waals surface area contributed by atoms with Gasteiger partial charge in [0.1, 0.15) is 6.04 Å². The molecule has 3 atom stereocenters. The molecule has 0 bridgehead atoms. The summed E-state index contributed by atoms with van der Waals surface area (Å²) in [6, 6.07) is -1.37. The Morgan fingerprint density at radius 2 is 1.83 bits per heavy atom. The smallest absolute Gasteiger partial charge is 0.326 e. The minimum atomic E-state index is -1.10. The van der Waals surface area contributed by atoms with Gasteiger partial charge in [0.25, 0.3) is 0 Å². The number of nitrogens with zero attached hydrogens (tertiary/aromatic N) is 2. The third kappa shape index (κ3) is 2.56. The Morgan fingerprint density at radius 3 is 2.44 bits per heavy atom. The highest BCUT2D eigenvalue weighted by Gasteiger charge is 2.41. The molecule has 7 heteroatoms. The molecule has 0 aromatic heterocycles. The first-order chi connectivity index (χ1) is 8.49. The van der Waals surface area contributed by atoms with Gasteiger partial charge in [-0.1, -0.05) is 0 Å². The van der Waals surface area contributed by atoms with E-state index in [9.17, 15) is 19.8 Å². The number of rotatable bonds is 1. The molecule has 18 heavy (non-hydrogen) atoms. The van der Waals surface area contributed by atoms with Gasteiger partial charge in [0, 0.05) is 26.1 Å². The number of hydrogen-bond donors (Lipinski definition) is 3. The van der Waals surface area contributed by atoms with E-state index in [1.54, 1.807) is 0 Å². The second-order valence-electron chi connectivity index (χ2n) is 4.92. The number of aliphatic carboxylic acids is 1. The zero-order valence-corrected chi connectivity index (χ0v) is 10.0. The number of amides is 2. The summed E-state index contributed by atoms with van der Waals surface area (Å²) >= 11 is 0. The van der Waals surface area contributed by atoms with E-state index in [0.717, 1.165) is 0 Å². The summed E-state index contributed by atoms with van der Waals surface area (Å²) in [4.78, 5) is 25.9. The largest absolute Gasteiger partial charge is 0.480 e. The molecular formula is C11H18N2O5. The van der Waals surface area contributed by atoms with Crippen LogP contribution in [0.15, 0.2) is 0 Å². The Kier molecular flexibility index (Phi) is 3.72. The van der Waals surface area contributed by atoms with Crippen LogP contribution in [0.1, 0.15) is 19.3 Å². The van der Waals surface area contributed by atoms with Gasteiger partial charge in [-0.3, -0.25) is 0 Å². The highest BCUT2D eigenvalue weighted by Crippen LogP contribution is 2.21. The number of aliphatic hydroxyl groups excluding tert-OH is 2. The van der Waals surface area contributed by atoms with Gasteiger partial charge >= 0.3 is 12.0 Å². The number of carbonyl (C=O) groups is 2. The van der Waals surface area contributed by atoms with E-state index in [-0.39, 0.29) is 19.5 Å². The van der Waals surface area contributed by atoms with E-state index >= 15 is 0 Å². The topological polar surface area (TPSA) is 101 Å². The first-order valence-electron chi connectivity index (χ1n) is 6.13. The van der Waals surface area contributed by atoms with E-state index < -0.39 is 30.3 Å². The molecule has 0 spiro atoms. The number of aliphatic hydroxyl groups is 2. The number of carboxylic acid groups (broad SMARTS) is 1. The van der Waals surface area contributed by atoms with Crippen LogP contribution in [-0.4, -0.2) is 75.0 Å². The molecule has 3 N–H and O–H groups in total. The summed E-state index contributed by atoms with van der Waals surface area (Å²) in [6.45, 7) is 0.801. The fraction of sp³-hybridized carbons (Fsp3) is 0.818. The summed E-state index contributed by atoms with van der Waals surface area (Å²) < 4.78 is 0. The molecule has 2 fully saturated rings. The molecule has 0 aromatic carbocycles. The third-order valence-corrected chi connectivity index (χ3v) is 3.48. The zero-order valence-electron chi connectivity index (χ0n) is 10.0. The molecule has 102 valence electrons. The van der Waals surface area contributed by atoms with Crippen molar-refractivity contribution in [3.05, 3.63) is 0 Å². The molecule has 2 aliphatic heterocycles. The van der Waals surface area contributed by atoms with Gasteiger partial charge in [-0.2, -0.15) is 0 Å². The fourth-order valence-corrected chi connectivity index (χ4v) is 2.57. The van der Waals surface area contributed by atoms with Crippen LogP contribution in [0.5, 0.6) is 0 Å². The molecule has 0 aromatic rings. The van der Waals surface area contributed by atoms with Crippen LogP contribution >= 0.6 is 0 Å². The van der Waals surface area contributed by atoms with Crippen LogP contribution < -0.4 is 0 Å². The van der Waals surface area contributed by atoms with Gasteiger partial charge in [-0.05, 0) is 12.8 Å². The van der Waals surface area contributed by atoms with Gasteiger partial charge < -0.3 is 25.1 Å². The van der Waals surface area contributed by atoms with Gasteiger partial charge in [0.05, 0.1) is 12.2 Å². The Hall–Kier alpha value is -1.34. The first kappa shape index (κ1) is 13.1. The molecule has 2 rings (SSSR count). The van der Waals surface area contributed by atoms with Crippen molar-refractivity contribution in [1.82, 2.24) is 9.80 Å². The summed E-state index contributed by atoms with van der Waals surface area (Å²) in [5.74, 6) is -1.10. The Balaban J connectivity index is 2.05. The van der Waals surface area contributed by atoms with Crippen molar-refractivity contribution in [2.75, 3.05) is 19.6 Å². The van der Waals surface area contributed by atoms with Crippen molar-refractivity contribution in [2.45, 2.75) is 37.5 Å². The third-order valence-electron chi connectivity index (χ3n) is 3.48. The summed E-state index contributed by atoms with van der Waals surface area (Å²) in [7, 11) is 0. The van der Waals surface area contributed by atoms with Crippen molar-refractivity contribution in [3.63, 3.8) is 0 Å². The lowest BCUT2D eigenvalue weighted by Crippen LogP contribution is -2.52. The van der Waals surface area contributed by atoms with E-state index in [0.29, 0.717) is 19.4 Å². The van der Waals surface area contributed by atoms with Gasteiger partial charge in [-0.25, -0.2) is 9.59 Å². The lowest BCUT2D eigenvalue weighted by molar-refractivity contribution is -0.141. The Labute approximate surface area is 105 Å². The summed E-state index contributed by atoms with van der Waals surface area (Å²) in [5.41, 5.74) is 0. The minimum Gasteiger partial charge on any atom is -0.480 e. The number of β-amino-alcohol motifs (C(OH)–C–C–N with tert-alkyl or cyclic N) is 2. The second-order valence-corrected chi connectivity index (χ2v) is 4.92. The number of likely N-dealkylation sites (tertiary alicyclic amines) is 2. The maximum atomic E-state index is 12.2. The molecule has 2 heterocycles. The van der Waals surface area contributed by atoms with Crippen LogP contribution in [-0.2, 0) is 4.79 Å². The SMILES string of the molecule is O=C(O)[C@@H]1C[C@@H](O)CN1C(=O)N1CCCC(O)C1. The Morgan fingerprint density at radius 1 is 1.11 bits per heavy atom. The Bertz CT molecular complexity index is 348. The van der Waals surface area contributed by atoms with Gasteiger partial charge in [0.2, 0.25) is 0 Å². The van der Waals surface area contributed by atoms with Crippen molar-refractivity contribution in [3.8, 4) is 0 Å². The van der Waals surface area contributed by atoms with Crippen molar-refractivity contribution in [1.29, 1.82) is 0 Å². The van der Waals surface area contributed by atoms with Crippen LogP contribution in [0.3, 0.4) is 0 Å². The second kappa shape index (κ2) is 5.11. The fourth-order valence-electron chi connectivity index (χ4n) is 2.57. The van der Waals surface area contributed by atoms with E-state index in [1.165, 1.54) is 9.80 Å². The lowest BCUT2D eigenvalue weighted by atomic mass is 10.1. The quantitative estimate of drug-likeness (QED) is 0.565. The number of hydrogen-bond acceptors (Lipinski definition) is 4. The molecule has 2 amide bonds. The maximum Gasteiger partial charge on any atom is 0.326 e. The molecule has 0 aliphatic carbocycles. The van der Waals surface area contributed by atoms with Crippen LogP contribution in [0, 0.1) is 0 Å². The average molecular weight is 258 g/mol. The van der Waals surface area contributed by atoms with Crippen LogP contribution in [0.25, 0.3) is 0 Å². The predicted octanol–water partition coefficient (Wildman–Crippen LogP) is -0.917. The molecule has 2 saturated heterocycles. The standard InChI is InChI=1S/C11H18N2O5/c14-7-2-1-3-12(5-7)11(18)13-6-8(15)4-9(13)10(16)17/h7-9,14-15H,1-6H2,(H,16,17)/t7?,8-,9+/m1/s1. The molecule has 0 radical (unpaired) electrons. The number of piperidine rings is 1. The molecule has 2 aliphatic rings. The number of urea groups is 1. The minimum absolute atomic E-state index is 0.0440. The van der Waals surface area contributed by atoms with Gasteiger partial charge in [-0.15, -0.1) is 0 Å². The normalized spacial score (nSPS) is 32.7.